The van der Waals surface area contributed by atoms with Gasteiger partial charge in [-0.1, -0.05) is 11.8 Å². The minimum Gasteiger partial charge on any atom is -0.459 e. The topological polar surface area (TPSA) is 107 Å². The summed E-state index contributed by atoms with van der Waals surface area (Å²) >= 11 is 1.10. The summed E-state index contributed by atoms with van der Waals surface area (Å²) in [6, 6.07) is 3.42. The summed E-state index contributed by atoms with van der Waals surface area (Å²) in [6.07, 6.45) is 1.51. The molecule has 0 atom stereocenters. The first kappa shape index (κ1) is 10.7. The Labute approximate surface area is 94.4 Å². The maximum absolute atomic E-state index is 10.9. The molecule has 0 aliphatic carbocycles. The molecule has 8 heteroatoms. The second kappa shape index (κ2) is 4.81. The molecule has 7 nitrogen and oxygen atoms in total. The number of amides is 1. The molecule has 2 rings (SSSR count). The third-order valence-corrected chi connectivity index (χ3v) is 2.44. The highest BCUT2D eigenvalue weighted by atomic mass is 32.2. The first-order valence-electron chi connectivity index (χ1n) is 4.29. The highest BCUT2D eigenvalue weighted by Crippen LogP contribution is 2.22. The van der Waals surface area contributed by atoms with E-state index in [-0.39, 0.29) is 22.8 Å². The molecule has 0 aromatic carbocycles. The number of carbonyl (C=O) groups excluding carboxylic acids is 1. The standard InChI is InChI=1S/C8H8N4O3S/c9-10-6(13)4-16-8-12-11-7(15-8)5-2-1-3-14-5/h1-3H,4,9H2,(H,10,13). The lowest BCUT2D eigenvalue weighted by molar-refractivity contribution is -0.118. The van der Waals surface area contributed by atoms with Crippen molar-refractivity contribution in [2.75, 3.05) is 5.75 Å². The zero-order valence-corrected chi connectivity index (χ0v) is 8.86. The van der Waals surface area contributed by atoms with E-state index in [1.807, 2.05) is 5.43 Å². The van der Waals surface area contributed by atoms with Crippen molar-refractivity contribution in [2.45, 2.75) is 5.22 Å². The summed E-state index contributed by atoms with van der Waals surface area (Å²) < 4.78 is 10.3. The molecule has 2 aromatic heterocycles. The Kier molecular flexibility index (Phi) is 3.22. The molecule has 0 aliphatic heterocycles. The van der Waals surface area contributed by atoms with Gasteiger partial charge in [0.25, 0.3) is 11.1 Å². The minimum absolute atomic E-state index is 0.121. The summed E-state index contributed by atoms with van der Waals surface area (Å²) in [7, 11) is 0. The first-order chi connectivity index (χ1) is 7.79. The molecule has 0 saturated heterocycles. The van der Waals surface area contributed by atoms with Gasteiger partial charge in [0.1, 0.15) is 0 Å². The monoisotopic (exact) mass is 240 g/mol. The number of hydrogen-bond donors (Lipinski definition) is 2. The van der Waals surface area contributed by atoms with Crippen LogP contribution in [0.15, 0.2) is 32.5 Å². The van der Waals surface area contributed by atoms with Gasteiger partial charge in [-0.3, -0.25) is 10.2 Å². The van der Waals surface area contributed by atoms with Crippen LogP contribution < -0.4 is 11.3 Å². The van der Waals surface area contributed by atoms with E-state index in [4.69, 9.17) is 14.7 Å². The smallest absolute Gasteiger partial charge is 0.284 e. The Bertz CT molecular complexity index is 467. The quantitative estimate of drug-likeness (QED) is 0.345. The number of nitrogens with two attached hydrogens (primary N) is 1. The number of hydrazine groups is 1. The molecule has 0 unspecified atom stereocenters. The molecular weight excluding hydrogens is 232 g/mol. The molecule has 0 spiro atoms. The van der Waals surface area contributed by atoms with Crippen LogP contribution in [-0.2, 0) is 4.79 Å². The fourth-order valence-corrected chi connectivity index (χ4v) is 1.51. The Balaban J connectivity index is 2.00. The van der Waals surface area contributed by atoms with Gasteiger partial charge in [0, 0.05) is 0 Å². The SMILES string of the molecule is NNC(=O)CSc1nnc(-c2ccco2)o1. The molecule has 0 radical (unpaired) electrons. The van der Waals surface area contributed by atoms with Crippen molar-refractivity contribution < 1.29 is 13.6 Å². The molecule has 2 heterocycles. The highest BCUT2D eigenvalue weighted by Gasteiger charge is 2.12. The molecule has 1 amide bonds. The molecule has 3 N–H and O–H groups in total. The zero-order chi connectivity index (χ0) is 11.4. The van der Waals surface area contributed by atoms with Crippen LogP contribution in [0.5, 0.6) is 0 Å². The fraction of sp³-hybridized carbons (Fsp3) is 0.125. The Hall–Kier alpha value is -1.80. The predicted molar refractivity (Wildman–Crippen MR) is 55.1 cm³/mol. The van der Waals surface area contributed by atoms with Crippen molar-refractivity contribution in [3.8, 4) is 11.7 Å². The largest absolute Gasteiger partial charge is 0.459 e. The number of rotatable bonds is 4. The van der Waals surface area contributed by atoms with Gasteiger partial charge in [-0.05, 0) is 12.1 Å². The number of aromatic nitrogens is 2. The van der Waals surface area contributed by atoms with Crippen LogP contribution in [-0.4, -0.2) is 21.9 Å². The molecule has 16 heavy (non-hydrogen) atoms. The van der Waals surface area contributed by atoms with Crippen molar-refractivity contribution in [1.82, 2.24) is 15.6 Å². The van der Waals surface area contributed by atoms with Crippen molar-refractivity contribution in [1.29, 1.82) is 0 Å². The number of furan rings is 1. The van der Waals surface area contributed by atoms with Crippen molar-refractivity contribution >= 4 is 17.7 Å². The molecule has 0 saturated carbocycles. The second-order valence-corrected chi connectivity index (χ2v) is 3.63. The first-order valence-corrected chi connectivity index (χ1v) is 5.28. The van der Waals surface area contributed by atoms with E-state index in [0.717, 1.165) is 11.8 Å². The van der Waals surface area contributed by atoms with E-state index >= 15 is 0 Å². The third-order valence-electron chi connectivity index (χ3n) is 1.63. The maximum Gasteiger partial charge on any atom is 0.284 e. The number of nitrogens with one attached hydrogen (secondary N) is 1. The fourth-order valence-electron chi connectivity index (χ4n) is 0.937. The van der Waals surface area contributed by atoms with Crippen LogP contribution in [0.3, 0.4) is 0 Å². The highest BCUT2D eigenvalue weighted by molar-refractivity contribution is 7.99. The maximum atomic E-state index is 10.9. The van der Waals surface area contributed by atoms with E-state index in [1.54, 1.807) is 12.1 Å². The molecule has 84 valence electrons. The molecule has 0 fully saturated rings. The van der Waals surface area contributed by atoms with Gasteiger partial charge in [-0.2, -0.15) is 0 Å². The molecule has 2 aromatic rings. The van der Waals surface area contributed by atoms with Crippen LogP contribution in [0.2, 0.25) is 0 Å². The summed E-state index contributed by atoms with van der Waals surface area (Å²) in [4.78, 5) is 10.9. The van der Waals surface area contributed by atoms with E-state index in [2.05, 4.69) is 10.2 Å². The summed E-state index contributed by atoms with van der Waals surface area (Å²) in [5.74, 6) is 5.50. The lowest BCUT2D eigenvalue weighted by atomic mass is 10.5. The van der Waals surface area contributed by atoms with Crippen LogP contribution in [0.4, 0.5) is 0 Å². The number of carbonyl (C=O) groups is 1. The van der Waals surface area contributed by atoms with Gasteiger partial charge >= 0.3 is 0 Å². The average Bonchev–Trinajstić information content (AvgIpc) is 2.95. The van der Waals surface area contributed by atoms with Crippen molar-refractivity contribution in [2.24, 2.45) is 5.84 Å². The Morgan fingerprint density at radius 1 is 1.56 bits per heavy atom. The van der Waals surface area contributed by atoms with Crippen LogP contribution in [0.1, 0.15) is 0 Å². The summed E-state index contributed by atoms with van der Waals surface area (Å²) in [5, 5.41) is 7.80. The van der Waals surface area contributed by atoms with Crippen molar-refractivity contribution in [3.63, 3.8) is 0 Å². The van der Waals surface area contributed by atoms with Gasteiger partial charge in [0.05, 0.1) is 12.0 Å². The average molecular weight is 240 g/mol. The molecule has 0 aliphatic rings. The van der Waals surface area contributed by atoms with Gasteiger partial charge in [0.2, 0.25) is 5.91 Å². The van der Waals surface area contributed by atoms with E-state index < -0.39 is 0 Å². The van der Waals surface area contributed by atoms with Crippen molar-refractivity contribution in [3.05, 3.63) is 18.4 Å². The van der Waals surface area contributed by atoms with Gasteiger partial charge in [-0.15, -0.1) is 10.2 Å². The van der Waals surface area contributed by atoms with E-state index in [1.165, 1.54) is 6.26 Å². The van der Waals surface area contributed by atoms with E-state index in [0.29, 0.717) is 5.76 Å². The normalized spacial score (nSPS) is 10.3. The van der Waals surface area contributed by atoms with Crippen LogP contribution >= 0.6 is 11.8 Å². The van der Waals surface area contributed by atoms with Crippen LogP contribution in [0, 0.1) is 0 Å². The van der Waals surface area contributed by atoms with Gasteiger partial charge < -0.3 is 8.83 Å². The number of thioether (sulfide) groups is 1. The lowest BCUT2D eigenvalue weighted by Crippen LogP contribution is -2.31. The van der Waals surface area contributed by atoms with Gasteiger partial charge in [-0.25, -0.2) is 5.84 Å². The minimum atomic E-state index is -0.317. The van der Waals surface area contributed by atoms with E-state index in [9.17, 15) is 4.79 Å². The molecule has 0 bridgehead atoms. The number of hydrogen-bond acceptors (Lipinski definition) is 7. The Morgan fingerprint density at radius 2 is 2.44 bits per heavy atom. The summed E-state index contributed by atoms with van der Waals surface area (Å²) in [6.45, 7) is 0. The zero-order valence-electron chi connectivity index (χ0n) is 8.04. The molecular formula is C8H8N4O3S. The second-order valence-electron chi connectivity index (χ2n) is 2.71. The lowest BCUT2D eigenvalue weighted by Gasteiger charge is -1.94. The summed E-state index contributed by atoms with van der Waals surface area (Å²) in [5.41, 5.74) is 2.00. The third kappa shape index (κ3) is 2.41. The van der Waals surface area contributed by atoms with Gasteiger partial charge in [0.15, 0.2) is 5.76 Å². The Morgan fingerprint density at radius 3 is 3.12 bits per heavy atom. The predicted octanol–water partition coefficient (Wildman–Crippen LogP) is 0.412. The number of nitrogens with zero attached hydrogens (tertiary/aromatic N) is 2. The van der Waals surface area contributed by atoms with Crippen LogP contribution in [0.25, 0.3) is 11.7 Å².